The zero-order valence-corrected chi connectivity index (χ0v) is 11.0. The van der Waals surface area contributed by atoms with Gasteiger partial charge in [0.2, 0.25) is 10.1 Å². The van der Waals surface area contributed by atoms with Gasteiger partial charge in [-0.3, -0.25) is 4.79 Å². The molecule has 18 heavy (non-hydrogen) atoms. The number of hydrogen-bond acceptors (Lipinski definition) is 7. The van der Waals surface area contributed by atoms with Crippen molar-refractivity contribution in [2.75, 3.05) is 38.2 Å². The molecule has 0 aromatic carbocycles. The van der Waals surface area contributed by atoms with E-state index in [4.69, 9.17) is 9.47 Å². The van der Waals surface area contributed by atoms with Crippen LogP contribution in [0.5, 0.6) is 0 Å². The topological polar surface area (TPSA) is 85.4 Å². The zero-order chi connectivity index (χ0) is 12.8. The summed E-state index contributed by atoms with van der Waals surface area (Å²) < 4.78 is 10.7. The Morgan fingerprint density at radius 2 is 2.39 bits per heavy atom. The number of hydrogen-bond donors (Lipinski definition) is 2. The van der Waals surface area contributed by atoms with Crippen LogP contribution in [0, 0.1) is 0 Å². The van der Waals surface area contributed by atoms with Crippen molar-refractivity contribution in [2.24, 2.45) is 0 Å². The number of nitrogens with one attached hydrogen (secondary N) is 2. The highest BCUT2D eigenvalue weighted by Gasteiger charge is 2.17. The lowest BCUT2D eigenvalue weighted by atomic mass is 10.3. The van der Waals surface area contributed by atoms with Gasteiger partial charge in [0, 0.05) is 13.1 Å². The van der Waals surface area contributed by atoms with Crippen LogP contribution in [-0.2, 0) is 9.47 Å². The minimum absolute atomic E-state index is 0.0798. The van der Waals surface area contributed by atoms with Gasteiger partial charge in [-0.1, -0.05) is 11.3 Å². The van der Waals surface area contributed by atoms with Gasteiger partial charge in [0.25, 0.3) is 5.91 Å². The van der Waals surface area contributed by atoms with Crippen LogP contribution < -0.4 is 10.6 Å². The molecule has 0 bridgehead atoms. The van der Waals surface area contributed by atoms with Gasteiger partial charge in [-0.25, -0.2) is 0 Å². The quantitative estimate of drug-likeness (QED) is 0.791. The molecule has 1 aliphatic rings. The maximum absolute atomic E-state index is 11.8. The highest BCUT2D eigenvalue weighted by molar-refractivity contribution is 7.17. The standard InChI is InChI=1S/C10H16N4O3S/c1-2-11-10-14-13-9(18-10)8(15)12-5-7-6-16-3-4-17-7/h7H,2-6H2,1H3,(H,11,14)(H,12,15). The van der Waals surface area contributed by atoms with E-state index in [1.54, 1.807) is 0 Å². The summed E-state index contributed by atoms with van der Waals surface area (Å²) in [5.74, 6) is -0.231. The van der Waals surface area contributed by atoms with Gasteiger partial charge in [-0.05, 0) is 6.92 Å². The van der Waals surface area contributed by atoms with E-state index in [0.29, 0.717) is 36.5 Å². The molecule has 7 nitrogen and oxygen atoms in total. The van der Waals surface area contributed by atoms with Gasteiger partial charge < -0.3 is 20.1 Å². The van der Waals surface area contributed by atoms with Gasteiger partial charge in [0.1, 0.15) is 0 Å². The Morgan fingerprint density at radius 1 is 1.50 bits per heavy atom. The molecule has 1 aromatic rings. The first-order valence-electron chi connectivity index (χ1n) is 5.84. The Balaban J connectivity index is 1.79. The molecule has 1 aromatic heterocycles. The predicted octanol–water partition coefficient (Wildman–Crippen LogP) is 0.115. The van der Waals surface area contributed by atoms with Gasteiger partial charge in [-0.15, -0.1) is 10.2 Å². The summed E-state index contributed by atoms with van der Waals surface area (Å²) in [6.07, 6.45) is -0.0798. The maximum Gasteiger partial charge on any atom is 0.282 e. The third-order valence-corrected chi connectivity index (χ3v) is 3.20. The number of aromatic nitrogens is 2. The van der Waals surface area contributed by atoms with Crippen molar-refractivity contribution in [2.45, 2.75) is 13.0 Å². The van der Waals surface area contributed by atoms with E-state index in [1.165, 1.54) is 11.3 Å². The summed E-state index contributed by atoms with van der Waals surface area (Å²) in [6, 6.07) is 0. The van der Waals surface area contributed by atoms with Crippen LogP contribution in [0.3, 0.4) is 0 Å². The zero-order valence-electron chi connectivity index (χ0n) is 10.1. The lowest BCUT2D eigenvalue weighted by Crippen LogP contribution is -2.39. The molecule has 2 heterocycles. The number of carbonyl (C=O) groups is 1. The van der Waals surface area contributed by atoms with E-state index in [9.17, 15) is 4.79 Å². The minimum atomic E-state index is -0.231. The highest BCUT2D eigenvalue weighted by Crippen LogP contribution is 2.14. The largest absolute Gasteiger partial charge is 0.376 e. The lowest BCUT2D eigenvalue weighted by molar-refractivity contribution is -0.0855. The van der Waals surface area contributed by atoms with Crippen molar-refractivity contribution >= 4 is 22.4 Å². The lowest BCUT2D eigenvalue weighted by Gasteiger charge is -2.22. The molecule has 0 radical (unpaired) electrons. The minimum Gasteiger partial charge on any atom is -0.376 e. The van der Waals surface area contributed by atoms with Crippen molar-refractivity contribution in [1.29, 1.82) is 0 Å². The Hall–Kier alpha value is -1.25. The molecule has 8 heteroatoms. The molecule has 1 aliphatic heterocycles. The first-order valence-corrected chi connectivity index (χ1v) is 6.66. The smallest absolute Gasteiger partial charge is 0.282 e. The molecule has 1 saturated heterocycles. The monoisotopic (exact) mass is 272 g/mol. The molecule has 1 atom stereocenters. The molecule has 100 valence electrons. The van der Waals surface area contributed by atoms with Crippen molar-refractivity contribution in [3.63, 3.8) is 0 Å². The van der Waals surface area contributed by atoms with Crippen LogP contribution in [0.2, 0.25) is 0 Å². The summed E-state index contributed by atoms with van der Waals surface area (Å²) in [4.78, 5) is 11.8. The average Bonchev–Trinajstić information content (AvgIpc) is 2.86. The summed E-state index contributed by atoms with van der Waals surface area (Å²) >= 11 is 1.23. The van der Waals surface area contributed by atoms with E-state index >= 15 is 0 Å². The Labute approximate surface area is 109 Å². The van der Waals surface area contributed by atoms with Gasteiger partial charge in [0.05, 0.1) is 25.9 Å². The number of nitrogens with zero attached hydrogens (tertiary/aromatic N) is 2. The average molecular weight is 272 g/mol. The van der Waals surface area contributed by atoms with Gasteiger partial charge in [0.15, 0.2) is 0 Å². The molecule has 2 rings (SSSR count). The predicted molar refractivity (Wildman–Crippen MR) is 67.0 cm³/mol. The van der Waals surface area contributed by atoms with E-state index in [2.05, 4.69) is 20.8 Å². The maximum atomic E-state index is 11.8. The van der Waals surface area contributed by atoms with Crippen LogP contribution in [0.15, 0.2) is 0 Å². The summed E-state index contributed by atoms with van der Waals surface area (Å²) in [5.41, 5.74) is 0. The molecule has 1 fully saturated rings. The fourth-order valence-corrected chi connectivity index (χ4v) is 2.20. The second-order valence-electron chi connectivity index (χ2n) is 3.72. The fraction of sp³-hybridized carbons (Fsp3) is 0.700. The third-order valence-electron chi connectivity index (χ3n) is 2.32. The molecule has 0 saturated carbocycles. The molecule has 0 spiro atoms. The van der Waals surface area contributed by atoms with Crippen molar-refractivity contribution in [3.05, 3.63) is 5.01 Å². The fourth-order valence-electron chi connectivity index (χ4n) is 1.47. The molecular formula is C10H16N4O3S. The Bertz CT molecular complexity index is 392. The van der Waals surface area contributed by atoms with Crippen molar-refractivity contribution < 1.29 is 14.3 Å². The Kier molecular flexibility index (Phi) is 4.85. The molecule has 0 aliphatic carbocycles. The van der Waals surface area contributed by atoms with Gasteiger partial charge in [-0.2, -0.15) is 0 Å². The van der Waals surface area contributed by atoms with Crippen molar-refractivity contribution in [3.8, 4) is 0 Å². The molecule has 1 amide bonds. The summed E-state index contributed by atoms with van der Waals surface area (Å²) in [6.45, 7) is 4.84. The van der Waals surface area contributed by atoms with Crippen LogP contribution in [0.25, 0.3) is 0 Å². The molecule has 1 unspecified atom stereocenters. The number of amides is 1. The number of ether oxygens (including phenoxy) is 2. The second-order valence-corrected chi connectivity index (χ2v) is 4.70. The Morgan fingerprint density at radius 3 is 3.11 bits per heavy atom. The van der Waals surface area contributed by atoms with E-state index in [-0.39, 0.29) is 12.0 Å². The number of rotatable bonds is 5. The normalized spacial score (nSPS) is 19.5. The molecule has 2 N–H and O–H groups in total. The highest BCUT2D eigenvalue weighted by atomic mass is 32.1. The number of anilines is 1. The van der Waals surface area contributed by atoms with Crippen LogP contribution >= 0.6 is 11.3 Å². The van der Waals surface area contributed by atoms with E-state index < -0.39 is 0 Å². The van der Waals surface area contributed by atoms with Crippen LogP contribution in [0.1, 0.15) is 16.7 Å². The first-order chi connectivity index (χ1) is 8.79. The van der Waals surface area contributed by atoms with Gasteiger partial charge >= 0.3 is 0 Å². The second kappa shape index (κ2) is 6.62. The van der Waals surface area contributed by atoms with Crippen LogP contribution in [-0.4, -0.2) is 55.1 Å². The SMILES string of the molecule is CCNc1nnc(C(=O)NCC2COCCO2)s1. The van der Waals surface area contributed by atoms with Crippen LogP contribution in [0.4, 0.5) is 5.13 Å². The molecular weight excluding hydrogens is 256 g/mol. The van der Waals surface area contributed by atoms with E-state index in [1.807, 2.05) is 6.92 Å². The van der Waals surface area contributed by atoms with E-state index in [0.717, 1.165) is 6.54 Å². The number of carbonyl (C=O) groups excluding carboxylic acids is 1. The summed E-state index contributed by atoms with van der Waals surface area (Å²) in [5, 5.41) is 14.5. The summed E-state index contributed by atoms with van der Waals surface area (Å²) in [7, 11) is 0. The van der Waals surface area contributed by atoms with Crippen molar-refractivity contribution in [1.82, 2.24) is 15.5 Å². The third kappa shape index (κ3) is 3.62. The first kappa shape index (κ1) is 13.2.